The molecule has 0 amide bonds. The van der Waals surface area contributed by atoms with Gasteiger partial charge in [-0.2, -0.15) is 0 Å². The van der Waals surface area contributed by atoms with Gasteiger partial charge in [0.25, 0.3) is 0 Å². The molecule has 0 radical (unpaired) electrons. The van der Waals surface area contributed by atoms with E-state index in [1.165, 1.54) is 0 Å². The third-order valence-corrected chi connectivity index (χ3v) is 3.28. The summed E-state index contributed by atoms with van der Waals surface area (Å²) in [6, 6.07) is 15.8. The van der Waals surface area contributed by atoms with Crippen LogP contribution < -0.4 is 4.90 Å². The van der Waals surface area contributed by atoms with E-state index in [2.05, 4.69) is 11.8 Å². The van der Waals surface area contributed by atoms with Crippen LogP contribution in [0.25, 0.3) is 0 Å². The Morgan fingerprint density at radius 3 is 2.39 bits per heavy atom. The highest BCUT2D eigenvalue weighted by atomic mass is 35.5. The molecule has 0 aliphatic heterocycles. The number of hydrogen-bond acceptors (Lipinski definition) is 2. The maximum atomic E-state index is 9.48. The number of nitrogens with zero attached hydrogens (tertiary/aromatic N) is 1. The zero-order valence-corrected chi connectivity index (χ0v) is 11.1. The van der Waals surface area contributed by atoms with Crippen molar-refractivity contribution in [2.24, 2.45) is 0 Å². The second-order valence-electron chi connectivity index (χ2n) is 3.98. The van der Waals surface area contributed by atoms with Gasteiger partial charge in [-0.25, -0.2) is 0 Å². The maximum Gasteiger partial charge on any atom is 0.0716 e. The molecule has 0 saturated carbocycles. The van der Waals surface area contributed by atoms with E-state index in [1.54, 1.807) is 6.07 Å². The lowest BCUT2D eigenvalue weighted by Crippen LogP contribution is -2.17. The molecular weight excluding hydrogens is 246 g/mol. The normalized spacial score (nSPS) is 10.4. The zero-order valence-electron chi connectivity index (χ0n) is 10.3. The molecule has 2 aromatic carbocycles. The van der Waals surface area contributed by atoms with Crippen LogP contribution in [0.5, 0.6) is 0 Å². The number of para-hydroxylation sites is 1. The molecule has 0 fully saturated rings. The number of benzene rings is 2. The van der Waals surface area contributed by atoms with Gasteiger partial charge in [-0.15, -0.1) is 0 Å². The van der Waals surface area contributed by atoms with Crippen LogP contribution >= 0.6 is 11.6 Å². The van der Waals surface area contributed by atoms with Gasteiger partial charge in [0.15, 0.2) is 0 Å². The van der Waals surface area contributed by atoms with E-state index in [0.29, 0.717) is 5.02 Å². The van der Waals surface area contributed by atoms with E-state index >= 15 is 0 Å². The number of hydrogen-bond donors (Lipinski definition) is 1. The highest BCUT2D eigenvalue weighted by Crippen LogP contribution is 2.32. The van der Waals surface area contributed by atoms with E-state index < -0.39 is 0 Å². The molecular formula is C15H16ClNO. The fraction of sp³-hybridized carbons (Fsp3) is 0.200. The molecule has 2 nitrogen and oxygen atoms in total. The zero-order chi connectivity index (χ0) is 13.0. The molecule has 0 bridgehead atoms. The van der Waals surface area contributed by atoms with Gasteiger partial charge in [-0.05, 0) is 31.2 Å². The van der Waals surface area contributed by atoms with Gasteiger partial charge in [-0.1, -0.05) is 35.9 Å². The SMILES string of the molecule is CCN(c1ccccc1)c1cccc(Cl)c1CO. The first-order valence-electron chi connectivity index (χ1n) is 5.98. The standard InChI is InChI=1S/C15H16ClNO/c1-2-17(12-7-4-3-5-8-12)15-10-6-9-14(16)13(15)11-18/h3-10,18H,2,11H2,1H3. The summed E-state index contributed by atoms with van der Waals surface area (Å²) in [6.07, 6.45) is 0. The number of rotatable bonds is 4. The van der Waals surface area contributed by atoms with Gasteiger partial charge < -0.3 is 10.0 Å². The fourth-order valence-electron chi connectivity index (χ4n) is 2.06. The smallest absolute Gasteiger partial charge is 0.0716 e. The Hall–Kier alpha value is -1.51. The topological polar surface area (TPSA) is 23.5 Å². The Kier molecular flexibility index (Phi) is 4.24. The molecule has 0 aliphatic carbocycles. The average Bonchev–Trinajstić information content (AvgIpc) is 2.41. The maximum absolute atomic E-state index is 9.48. The van der Waals surface area contributed by atoms with Gasteiger partial charge >= 0.3 is 0 Å². The van der Waals surface area contributed by atoms with Crippen LogP contribution in [-0.4, -0.2) is 11.7 Å². The summed E-state index contributed by atoms with van der Waals surface area (Å²) in [6.45, 7) is 2.84. The second-order valence-corrected chi connectivity index (χ2v) is 4.38. The molecule has 0 unspecified atom stereocenters. The van der Waals surface area contributed by atoms with Crippen molar-refractivity contribution in [2.45, 2.75) is 13.5 Å². The molecule has 0 aromatic heterocycles. The Labute approximate surface area is 112 Å². The Morgan fingerprint density at radius 2 is 1.78 bits per heavy atom. The van der Waals surface area contributed by atoms with Crippen molar-refractivity contribution in [1.29, 1.82) is 0 Å². The number of aliphatic hydroxyl groups is 1. The largest absolute Gasteiger partial charge is 0.392 e. The van der Waals surface area contributed by atoms with Gasteiger partial charge in [-0.3, -0.25) is 0 Å². The first kappa shape index (κ1) is 12.9. The number of anilines is 2. The van der Waals surface area contributed by atoms with Crippen molar-refractivity contribution in [1.82, 2.24) is 0 Å². The highest BCUT2D eigenvalue weighted by Gasteiger charge is 2.13. The summed E-state index contributed by atoms with van der Waals surface area (Å²) < 4.78 is 0. The summed E-state index contributed by atoms with van der Waals surface area (Å²) in [4.78, 5) is 2.14. The van der Waals surface area contributed by atoms with Crippen molar-refractivity contribution in [2.75, 3.05) is 11.4 Å². The predicted molar refractivity (Wildman–Crippen MR) is 76.5 cm³/mol. The molecule has 1 N–H and O–H groups in total. The summed E-state index contributed by atoms with van der Waals surface area (Å²) in [5, 5.41) is 10.1. The first-order chi connectivity index (χ1) is 8.77. The van der Waals surface area contributed by atoms with Crippen LogP contribution in [-0.2, 0) is 6.61 Å². The summed E-state index contributed by atoms with van der Waals surface area (Å²) >= 11 is 6.13. The Morgan fingerprint density at radius 1 is 1.06 bits per heavy atom. The Bertz CT molecular complexity index is 513. The summed E-state index contributed by atoms with van der Waals surface area (Å²) in [5.41, 5.74) is 2.82. The van der Waals surface area contributed by atoms with Gasteiger partial charge in [0, 0.05) is 28.5 Å². The predicted octanol–water partition coefficient (Wildman–Crippen LogP) is 3.99. The minimum atomic E-state index is -0.0572. The van der Waals surface area contributed by atoms with E-state index in [9.17, 15) is 5.11 Å². The molecule has 0 saturated heterocycles. The molecule has 3 heteroatoms. The third-order valence-electron chi connectivity index (χ3n) is 2.93. The second kappa shape index (κ2) is 5.89. The van der Waals surface area contributed by atoms with Gasteiger partial charge in [0.1, 0.15) is 0 Å². The highest BCUT2D eigenvalue weighted by molar-refractivity contribution is 6.31. The lowest BCUT2D eigenvalue weighted by atomic mass is 10.1. The number of halogens is 1. The lowest BCUT2D eigenvalue weighted by molar-refractivity contribution is 0.282. The molecule has 18 heavy (non-hydrogen) atoms. The van der Waals surface area contributed by atoms with Crippen molar-refractivity contribution < 1.29 is 5.11 Å². The van der Waals surface area contributed by atoms with Gasteiger partial charge in [0.05, 0.1) is 6.61 Å². The van der Waals surface area contributed by atoms with Crippen LogP contribution in [0.3, 0.4) is 0 Å². The van der Waals surface area contributed by atoms with Crippen LogP contribution in [0.4, 0.5) is 11.4 Å². The first-order valence-corrected chi connectivity index (χ1v) is 6.36. The monoisotopic (exact) mass is 261 g/mol. The van der Waals surface area contributed by atoms with Crippen molar-refractivity contribution >= 4 is 23.0 Å². The van der Waals surface area contributed by atoms with Crippen LogP contribution in [0, 0.1) is 0 Å². The van der Waals surface area contributed by atoms with E-state index in [1.807, 2.05) is 42.5 Å². The Balaban J connectivity index is 2.49. The van der Waals surface area contributed by atoms with Crippen molar-refractivity contribution in [3.63, 3.8) is 0 Å². The van der Waals surface area contributed by atoms with Crippen molar-refractivity contribution in [3.05, 3.63) is 59.1 Å². The molecule has 0 atom stereocenters. The quantitative estimate of drug-likeness (QED) is 0.900. The van der Waals surface area contributed by atoms with Crippen LogP contribution in [0.15, 0.2) is 48.5 Å². The van der Waals surface area contributed by atoms with Gasteiger partial charge in [0.2, 0.25) is 0 Å². The van der Waals surface area contributed by atoms with E-state index in [-0.39, 0.29) is 6.61 Å². The molecule has 0 heterocycles. The minimum absolute atomic E-state index is 0.0572. The van der Waals surface area contributed by atoms with E-state index in [4.69, 9.17) is 11.6 Å². The van der Waals surface area contributed by atoms with Crippen LogP contribution in [0.1, 0.15) is 12.5 Å². The fourth-order valence-corrected chi connectivity index (χ4v) is 2.29. The van der Waals surface area contributed by atoms with E-state index in [0.717, 1.165) is 23.5 Å². The third kappa shape index (κ3) is 2.50. The molecule has 2 rings (SSSR count). The lowest BCUT2D eigenvalue weighted by Gasteiger charge is -2.26. The molecule has 94 valence electrons. The number of aliphatic hydroxyl groups excluding tert-OH is 1. The average molecular weight is 262 g/mol. The van der Waals surface area contributed by atoms with Crippen molar-refractivity contribution in [3.8, 4) is 0 Å². The molecule has 0 aliphatic rings. The molecule has 0 spiro atoms. The molecule has 2 aromatic rings. The summed E-state index contributed by atoms with van der Waals surface area (Å²) in [7, 11) is 0. The summed E-state index contributed by atoms with van der Waals surface area (Å²) in [5.74, 6) is 0. The van der Waals surface area contributed by atoms with Crippen LogP contribution in [0.2, 0.25) is 5.02 Å². The minimum Gasteiger partial charge on any atom is -0.392 e.